The molecule has 3 rings (SSSR count). The fraction of sp³-hybridized carbons (Fsp3) is 0.227. The van der Waals surface area contributed by atoms with Crippen molar-refractivity contribution in [2.75, 3.05) is 5.75 Å². The number of amides is 2. The number of thioether (sulfide) groups is 1. The number of hydrogen-bond acceptors (Lipinski definition) is 4. The highest BCUT2D eigenvalue weighted by atomic mass is 32.2. The van der Waals surface area contributed by atoms with Crippen molar-refractivity contribution in [3.8, 4) is 6.07 Å². The lowest BCUT2D eigenvalue weighted by Crippen LogP contribution is -2.32. The van der Waals surface area contributed by atoms with E-state index in [0.717, 1.165) is 16.7 Å². The lowest BCUT2D eigenvalue weighted by molar-refractivity contribution is -0.121. The molecule has 28 heavy (non-hydrogen) atoms. The van der Waals surface area contributed by atoms with Crippen molar-refractivity contribution < 1.29 is 9.59 Å². The Labute approximate surface area is 168 Å². The molecule has 2 N–H and O–H groups in total. The quantitative estimate of drug-likeness (QED) is 0.791. The lowest BCUT2D eigenvalue weighted by atomic mass is 9.87. The van der Waals surface area contributed by atoms with Crippen LogP contribution in [0.1, 0.15) is 29.0 Å². The molecule has 1 aliphatic rings. The van der Waals surface area contributed by atoms with E-state index in [4.69, 9.17) is 0 Å². The number of allylic oxidation sites excluding steroid dienone is 1. The molecule has 0 saturated carbocycles. The zero-order chi connectivity index (χ0) is 19.9. The van der Waals surface area contributed by atoms with Crippen LogP contribution in [0, 0.1) is 18.3 Å². The highest BCUT2D eigenvalue weighted by molar-refractivity contribution is 8.03. The van der Waals surface area contributed by atoms with Gasteiger partial charge in [-0.15, -0.1) is 0 Å². The van der Waals surface area contributed by atoms with E-state index in [0.29, 0.717) is 17.1 Å². The SMILES string of the molecule is Cc1ccc(C2CC(=O)NC(SCC(=O)NCc3ccccc3)=C2C#N)cc1. The number of nitrogens with zero attached hydrogens (tertiary/aromatic N) is 1. The molecule has 5 nitrogen and oxygen atoms in total. The van der Waals surface area contributed by atoms with Gasteiger partial charge in [-0.2, -0.15) is 5.26 Å². The van der Waals surface area contributed by atoms with Gasteiger partial charge in [-0.1, -0.05) is 71.9 Å². The molecule has 1 heterocycles. The number of carbonyl (C=O) groups is 2. The molecule has 0 radical (unpaired) electrons. The first-order valence-electron chi connectivity index (χ1n) is 9.01. The molecular weight excluding hydrogens is 370 g/mol. The number of aryl methyl sites for hydroxylation is 1. The van der Waals surface area contributed by atoms with Gasteiger partial charge in [-0.05, 0) is 18.1 Å². The molecule has 0 spiro atoms. The van der Waals surface area contributed by atoms with E-state index in [1.807, 2.05) is 61.5 Å². The van der Waals surface area contributed by atoms with Crippen LogP contribution in [-0.4, -0.2) is 17.6 Å². The number of hydrogen-bond donors (Lipinski definition) is 2. The van der Waals surface area contributed by atoms with Crippen molar-refractivity contribution in [2.45, 2.75) is 25.8 Å². The summed E-state index contributed by atoms with van der Waals surface area (Å²) in [5.41, 5.74) is 3.58. The maximum Gasteiger partial charge on any atom is 0.230 e. The van der Waals surface area contributed by atoms with Gasteiger partial charge in [0, 0.05) is 18.9 Å². The predicted octanol–water partition coefficient (Wildman–Crippen LogP) is 3.38. The van der Waals surface area contributed by atoms with E-state index in [2.05, 4.69) is 16.7 Å². The molecule has 1 aliphatic heterocycles. The zero-order valence-corrected chi connectivity index (χ0v) is 16.4. The van der Waals surface area contributed by atoms with E-state index in [-0.39, 0.29) is 29.9 Å². The van der Waals surface area contributed by atoms with Gasteiger partial charge in [0.15, 0.2) is 0 Å². The summed E-state index contributed by atoms with van der Waals surface area (Å²) in [5, 5.41) is 15.8. The number of carbonyl (C=O) groups excluding carboxylic acids is 2. The van der Waals surface area contributed by atoms with Crippen LogP contribution >= 0.6 is 11.8 Å². The molecule has 0 fully saturated rings. The first kappa shape index (κ1) is 19.7. The van der Waals surface area contributed by atoms with Gasteiger partial charge in [0.05, 0.1) is 22.4 Å². The monoisotopic (exact) mass is 391 g/mol. The van der Waals surface area contributed by atoms with Crippen LogP contribution < -0.4 is 10.6 Å². The number of rotatable bonds is 6. The summed E-state index contributed by atoms with van der Waals surface area (Å²) in [4.78, 5) is 24.3. The minimum absolute atomic E-state index is 0.133. The Morgan fingerprint density at radius 1 is 1.21 bits per heavy atom. The third kappa shape index (κ3) is 5.02. The minimum atomic E-state index is -0.283. The number of nitrogens with one attached hydrogen (secondary N) is 2. The average Bonchev–Trinajstić information content (AvgIpc) is 2.71. The molecular formula is C22H21N3O2S. The topological polar surface area (TPSA) is 82.0 Å². The molecule has 2 aromatic rings. The van der Waals surface area contributed by atoms with Crippen molar-refractivity contribution in [1.29, 1.82) is 5.26 Å². The van der Waals surface area contributed by atoms with Gasteiger partial charge in [0.25, 0.3) is 0 Å². The molecule has 0 aromatic heterocycles. The van der Waals surface area contributed by atoms with E-state index in [1.165, 1.54) is 11.8 Å². The normalized spacial score (nSPS) is 16.3. The van der Waals surface area contributed by atoms with Crippen molar-refractivity contribution >= 4 is 23.6 Å². The van der Waals surface area contributed by atoms with Gasteiger partial charge in [-0.3, -0.25) is 9.59 Å². The third-order valence-electron chi connectivity index (χ3n) is 4.52. The van der Waals surface area contributed by atoms with Gasteiger partial charge >= 0.3 is 0 Å². The molecule has 0 bridgehead atoms. The van der Waals surface area contributed by atoms with Gasteiger partial charge in [0.2, 0.25) is 11.8 Å². The Morgan fingerprint density at radius 2 is 1.93 bits per heavy atom. The maximum absolute atomic E-state index is 12.2. The molecule has 1 unspecified atom stereocenters. The smallest absolute Gasteiger partial charge is 0.230 e. The van der Waals surface area contributed by atoms with Crippen LogP contribution in [-0.2, 0) is 16.1 Å². The Hall–Kier alpha value is -3.04. The minimum Gasteiger partial charge on any atom is -0.351 e. The predicted molar refractivity (Wildman–Crippen MR) is 110 cm³/mol. The van der Waals surface area contributed by atoms with Crippen LogP contribution in [0.25, 0.3) is 0 Å². The molecule has 2 amide bonds. The molecule has 0 saturated heterocycles. The number of benzene rings is 2. The van der Waals surface area contributed by atoms with Crippen molar-refractivity contribution in [3.63, 3.8) is 0 Å². The second-order valence-electron chi connectivity index (χ2n) is 6.62. The molecule has 1 atom stereocenters. The largest absolute Gasteiger partial charge is 0.351 e. The first-order valence-corrected chi connectivity index (χ1v) is 9.99. The summed E-state index contributed by atoms with van der Waals surface area (Å²) >= 11 is 1.19. The summed E-state index contributed by atoms with van der Waals surface area (Å²) in [6.07, 6.45) is 0.232. The van der Waals surface area contributed by atoms with E-state index in [1.54, 1.807) is 0 Å². The van der Waals surface area contributed by atoms with E-state index < -0.39 is 0 Å². The summed E-state index contributed by atoms with van der Waals surface area (Å²) in [6, 6.07) is 19.7. The highest BCUT2D eigenvalue weighted by Gasteiger charge is 2.29. The fourth-order valence-corrected chi connectivity index (χ4v) is 3.91. The zero-order valence-electron chi connectivity index (χ0n) is 15.6. The van der Waals surface area contributed by atoms with Gasteiger partial charge < -0.3 is 10.6 Å². The van der Waals surface area contributed by atoms with Crippen LogP contribution in [0.2, 0.25) is 0 Å². The second kappa shape index (κ2) is 9.25. The van der Waals surface area contributed by atoms with Crippen molar-refractivity contribution in [2.24, 2.45) is 0 Å². The van der Waals surface area contributed by atoms with Crippen LogP contribution in [0.15, 0.2) is 65.2 Å². The van der Waals surface area contributed by atoms with Crippen LogP contribution in [0.5, 0.6) is 0 Å². The van der Waals surface area contributed by atoms with Crippen LogP contribution in [0.4, 0.5) is 0 Å². The van der Waals surface area contributed by atoms with E-state index >= 15 is 0 Å². The summed E-state index contributed by atoms with van der Waals surface area (Å²) in [6.45, 7) is 2.44. The average molecular weight is 391 g/mol. The first-order chi connectivity index (χ1) is 13.6. The Kier molecular flexibility index (Phi) is 6.51. The number of nitriles is 1. The van der Waals surface area contributed by atoms with E-state index in [9.17, 15) is 14.9 Å². The standard InChI is InChI=1S/C22H21N3O2S/c1-15-7-9-17(10-8-15)18-11-20(26)25-22(19(18)12-23)28-14-21(27)24-13-16-5-3-2-4-6-16/h2-10,18H,11,13-14H2,1H3,(H,24,27)(H,25,26). The lowest BCUT2D eigenvalue weighted by Gasteiger charge is -2.25. The van der Waals surface area contributed by atoms with Gasteiger partial charge in [0.1, 0.15) is 0 Å². The fourth-order valence-electron chi connectivity index (χ4n) is 3.00. The molecule has 142 valence electrons. The molecule has 6 heteroatoms. The molecule has 0 aliphatic carbocycles. The van der Waals surface area contributed by atoms with Crippen molar-refractivity contribution in [3.05, 3.63) is 81.9 Å². The Bertz CT molecular complexity index is 931. The Morgan fingerprint density at radius 3 is 2.61 bits per heavy atom. The summed E-state index contributed by atoms with van der Waals surface area (Å²) < 4.78 is 0. The Balaban J connectivity index is 1.68. The third-order valence-corrected chi connectivity index (χ3v) is 5.53. The highest BCUT2D eigenvalue weighted by Crippen LogP contribution is 2.35. The summed E-state index contributed by atoms with van der Waals surface area (Å²) in [5.74, 6) is -0.440. The molecule has 2 aromatic carbocycles. The maximum atomic E-state index is 12.2. The summed E-state index contributed by atoms with van der Waals surface area (Å²) in [7, 11) is 0. The van der Waals surface area contributed by atoms with Crippen molar-refractivity contribution in [1.82, 2.24) is 10.6 Å². The van der Waals surface area contributed by atoms with Gasteiger partial charge in [-0.25, -0.2) is 0 Å². The second-order valence-corrected chi connectivity index (χ2v) is 7.61. The van der Waals surface area contributed by atoms with Crippen LogP contribution in [0.3, 0.4) is 0 Å².